The zero-order valence-corrected chi connectivity index (χ0v) is 12.8. The number of para-hydroxylation sites is 1. The van der Waals surface area contributed by atoms with Crippen LogP contribution in [-0.4, -0.2) is 28.6 Å². The second-order valence-electron chi connectivity index (χ2n) is 5.06. The third-order valence-electron chi connectivity index (χ3n) is 3.61. The molecule has 1 aromatic carbocycles. The number of urea groups is 1. The smallest absolute Gasteiger partial charge is 0.338 e. The Balaban J connectivity index is 2.16. The summed E-state index contributed by atoms with van der Waals surface area (Å²) in [6.07, 6.45) is 3.18. The van der Waals surface area contributed by atoms with Gasteiger partial charge in [0.1, 0.15) is 0 Å². The highest BCUT2D eigenvalue weighted by atomic mass is 16.5. The van der Waals surface area contributed by atoms with Crippen LogP contribution in [0, 0.1) is 0 Å². The normalized spacial score (nSPS) is 17.7. The Morgan fingerprint density at radius 2 is 2.09 bits per heavy atom. The van der Waals surface area contributed by atoms with Crippen molar-refractivity contribution in [1.29, 1.82) is 0 Å². The van der Waals surface area contributed by atoms with Crippen LogP contribution in [0.3, 0.4) is 0 Å². The van der Waals surface area contributed by atoms with Gasteiger partial charge in [-0.15, -0.1) is 0 Å². The second kappa shape index (κ2) is 6.04. The number of carbonyl (C=O) groups excluding carboxylic acids is 2. The van der Waals surface area contributed by atoms with Crippen LogP contribution in [0.4, 0.5) is 4.79 Å². The van der Waals surface area contributed by atoms with Gasteiger partial charge in [0.2, 0.25) is 0 Å². The van der Waals surface area contributed by atoms with E-state index in [0.717, 1.165) is 0 Å². The molecule has 0 fully saturated rings. The second-order valence-corrected chi connectivity index (χ2v) is 5.06. The number of carbonyl (C=O) groups is 2. The molecule has 1 unspecified atom stereocenters. The zero-order valence-electron chi connectivity index (χ0n) is 12.8. The monoisotopic (exact) mass is 312 g/mol. The molecule has 2 aromatic rings. The lowest BCUT2D eigenvalue weighted by Crippen LogP contribution is -2.45. The van der Waals surface area contributed by atoms with Crippen molar-refractivity contribution >= 4 is 23.0 Å². The molecule has 2 amide bonds. The van der Waals surface area contributed by atoms with E-state index in [2.05, 4.69) is 20.6 Å². The highest BCUT2D eigenvalue weighted by Crippen LogP contribution is 2.30. The molecule has 2 N–H and O–H groups in total. The zero-order chi connectivity index (χ0) is 16.4. The first-order valence-corrected chi connectivity index (χ1v) is 7.27. The minimum absolute atomic E-state index is 0.256. The van der Waals surface area contributed by atoms with Gasteiger partial charge in [0.15, 0.2) is 0 Å². The van der Waals surface area contributed by atoms with Gasteiger partial charge in [-0.1, -0.05) is 12.1 Å². The number of nitrogens with zero attached hydrogens (tertiary/aromatic N) is 2. The molecule has 7 heteroatoms. The molecule has 1 aromatic heterocycles. The number of aromatic nitrogens is 2. The number of hydrogen-bond donors (Lipinski definition) is 2. The molecule has 0 spiro atoms. The summed E-state index contributed by atoms with van der Waals surface area (Å²) in [7, 11) is 0. The summed E-state index contributed by atoms with van der Waals surface area (Å²) in [5.41, 5.74) is 2.87. The SMILES string of the molecule is CCOC(=O)C1=C(C)NC(=O)NC1c1cccc2nccnc12. The number of rotatable bonds is 3. The molecule has 118 valence electrons. The fourth-order valence-corrected chi connectivity index (χ4v) is 2.65. The van der Waals surface area contributed by atoms with Gasteiger partial charge in [0, 0.05) is 23.7 Å². The van der Waals surface area contributed by atoms with Crippen molar-refractivity contribution in [2.45, 2.75) is 19.9 Å². The summed E-state index contributed by atoms with van der Waals surface area (Å²) in [5.74, 6) is -0.469. The van der Waals surface area contributed by atoms with Crippen molar-refractivity contribution in [3.8, 4) is 0 Å². The van der Waals surface area contributed by atoms with Crippen LogP contribution in [-0.2, 0) is 9.53 Å². The number of nitrogens with one attached hydrogen (secondary N) is 2. The molecule has 0 aliphatic carbocycles. The van der Waals surface area contributed by atoms with Crippen molar-refractivity contribution in [2.24, 2.45) is 0 Å². The van der Waals surface area contributed by atoms with E-state index in [9.17, 15) is 9.59 Å². The Kier molecular flexibility index (Phi) is 3.92. The quantitative estimate of drug-likeness (QED) is 0.843. The first-order chi connectivity index (χ1) is 11.1. The summed E-state index contributed by atoms with van der Waals surface area (Å²) in [4.78, 5) is 32.8. The van der Waals surface area contributed by atoms with Crippen molar-refractivity contribution < 1.29 is 14.3 Å². The Labute approximate surface area is 132 Å². The van der Waals surface area contributed by atoms with Gasteiger partial charge >= 0.3 is 12.0 Å². The molecule has 0 saturated carbocycles. The molecular formula is C16H16N4O3. The number of amides is 2. The average Bonchev–Trinajstić information content (AvgIpc) is 2.53. The fourth-order valence-electron chi connectivity index (χ4n) is 2.65. The van der Waals surface area contributed by atoms with Crippen LogP contribution >= 0.6 is 0 Å². The molecule has 2 heterocycles. The maximum Gasteiger partial charge on any atom is 0.338 e. The van der Waals surface area contributed by atoms with Crippen molar-refractivity contribution in [2.75, 3.05) is 6.61 Å². The number of benzene rings is 1. The predicted octanol–water partition coefficient (Wildman–Crippen LogP) is 1.82. The fraction of sp³-hybridized carbons (Fsp3) is 0.250. The summed E-state index contributed by atoms with van der Waals surface area (Å²) < 4.78 is 5.13. The highest BCUT2D eigenvalue weighted by molar-refractivity contribution is 5.96. The molecular weight excluding hydrogens is 296 g/mol. The molecule has 23 heavy (non-hydrogen) atoms. The number of hydrogen-bond acceptors (Lipinski definition) is 5. The third-order valence-corrected chi connectivity index (χ3v) is 3.61. The van der Waals surface area contributed by atoms with Crippen LogP contribution in [0.25, 0.3) is 11.0 Å². The first-order valence-electron chi connectivity index (χ1n) is 7.27. The van der Waals surface area contributed by atoms with Gasteiger partial charge in [-0.3, -0.25) is 9.97 Å². The van der Waals surface area contributed by atoms with E-state index in [1.165, 1.54) is 0 Å². The molecule has 3 rings (SSSR count). The van der Waals surface area contributed by atoms with Crippen molar-refractivity contribution in [1.82, 2.24) is 20.6 Å². The lowest BCUT2D eigenvalue weighted by molar-refractivity contribution is -0.139. The highest BCUT2D eigenvalue weighted by Gasteiger charge is 2.33. The standard InChI is InChI=1S/C16H16N4O3/c1-3-23-15(21)12-9(2)19-16(22)20-14(12)10-5-4-6-11-13(10)18-8-7-17-11/h4-8,14H,3H2,1-2H3,(H2,19,20,22). The van der Waals surface area contributed by atoms with Crippen molar-refractivity contribution in [3.63, 3.8) is 0 Å². The first kappa shape index (κ1) is 15.0. The molecule has 0 radical (unpaired) electrons. The van der Waals surface area contributed by atoms with E-state index in [-0.39, 0.29) is 12.6 Å². The number of allylic oxidation sites excluding steroid dienone is 1. The van der Waals surface area contributed by atoms with Crippen LogP contribution in [0.2, 0.25) is 0 Å². The van der Waals surface area contributed by atoms with E-state index < -0.39 is 12.0 Å². The van der Waals surface area contributed by atoms with Gasteiger partial charge in [0.05, 0.1) is 29.3 Å². The summed E-state index contributed by atoms with van der Waals surface area (Å²) in [6, 6.07) is 4.46. The van der Waals surface area contributed by atoms with Crippen molar-refractivity contribution in [3.05, 3.63) is 47.4 Å². The lowest BCUT2D eigenvalue weighted by Gasteiger charge is -2.28. The van der Waals surface area contributed by atoms with E-state index in [0.29, 0.717) is 27.9 Å². The Morgan fingerprint density at radius 3 is 2.87 bits per heavy atom. The molecule has 1 aliphatic rings. The van der Waals surface area contributed by atoms with Crippen LogP contribution in [0.1, 0.15) is 25.5 Å². The van der Waals surface area contributed by atoms with E-state index in [4.69, 9.17) is 4.74 Å². The van der Waals surface area contributed by atoms with Gasteiger partial charge < -0.3 is 15.4 Å². The van der Waals surface area contributed by atoms with E-state index in [1.54, 1.807) is 26.2 Å². The lowest BCUT2D eigenvalue weighted by atomic mass is 9.94. The third kappa shape index (κ3) is 2.73. The van der Waals surface area contributed by atoms with Gasteiger partial charge in [-0.2, -0.15) is 0 Å². The molecule has 1 aliphatic heterocycles. The van der Waals surface area contributed by atoms with Crippen LogP contribution in [0.15, 0.2) is 41.9 Å². The number of esters is 1. The number of ether oxygens (including phenoxy) is 1. The van der Waals surface area contributed by atoms with Gasteiger partial charge in [-0.05, 0) is 19.9 Å². The molecule has 0 bridgehead atoms. The maximum absolute atomic E-state index is 12.3. The predicted molar refractivity (Wildman–Crippen MR) is 83.3 cm³/mol. The largest absolute Gasteiger partial charge is 0.463 e. The minimum Gasteiger partial charge on any atom is -0.463 e. The minimum atomic E-state index is -0.636. The van der Waals surface area contributed by atoms with Gasteiger partial charge in [0.25, 0.3) is 0 Å². The average molecular weight is 312 g/mol. The van der Waals surface area contributed by atoms with E-state index in [1.807, 2.05) is 18.2 Å². The number of fused-ring (bicyclic) bond motifs is 1. The van der Waals surface area contributed by atoms with Gasteiger partial charge in [-0.25, -0.2) is 9.59 Å². The van der Waals surface area contributed by atoms with Crippen LogP contribution < -0.4 is 10.6 Å². The summed E-state index contributed by atoms with van der Waals surface area (Å²) in [6.45, 7) is 3.67. The molecule has 7 nitrogen and oxygen atoms in total. The molecule has 1 atom stereocenters. The Morgan fingerprint density at radius 1 is 1.30 bits per heavy atom. The topological polar surface area (TPSA) is 93.2 Å². The molecule has 0 saturated heterocycles. The summed E-state index contributed by atoms with van der Waals surface area (Å²) >= 11 is 0. The van der Waals surface area contributed by atoms with Crippen LogP contribution in [0.5, 0.6) is 0 Å². The van der Waals surface area contributed by atoms with E-state index >= 15 is 0 Å². The Hall–Kier alpha value is -2.96. The maximum atomic E-state index is 12.3. The Bertz CT molecular complexity index is 811. The summed E-state index contributed by atoms with van der Waals surface area (Å²) in [5, 5.41) is 5.38.